The van der Waals surface area contributed by atoms with Crippen molar-refractivity contribution in [3.63, 3.8) is 0 Å². The zero-order valence-corrected chi connectivity index (χ0v) is 14.8. The molecule has 1 heterocycles. The first-order chi connectivity index (χ1) is 9.88. The van der Waals surface area contributed by atoms with E-state index in [1.54, 1.807) is 0 Å². The van der Waals surface area contributed by atoms with Crippen molar-refractivity contribution in [1.29, 1.82) is 0 Å². The Kier molecular flexibility index (Phi) is 5.03. The monoisotopic (exact) mass is 304 g/mol. The molecule has 0 spiro atoms. The molecule has 0 fully saturated rings. The quantitative estimate of drug-likeness (QED) is 0.819. The largest absolute Gasteiger partial charge is 0.335 e. The Hall–Kier alpha value is -0.960. The van der Waals surface area contributed by atoms with E-state index in [1.807, 2.05) is 11.8 Å². The fraction of sp³-hybridized carbons (Fsp3) is 0.611. The molecule has 1 aliphatic rings. The molecule has 21 heavy (non-hydrogen) atoms. The molecule has 1 N–H and O–H groups in total. The normalized spacial score (nSPS) is 18.2. The molecule has 1 aromatic carbocycles. The van der Waals surface area contributed by atoms with Crippen LogP contribution in [0.5, 0.6) is 0 Å². The maximum absolute atomic E-state index is 4.76. The Labute approximate surface area is 133 Å². The number of hydrogen-bond acceptors (Lipinski definition) is 3. The van der Waals surface area contributed by atoms with Crippen molar-refractivity contribution in [3.8, 4) is 0 Å². The SMILES string of the molecule is CCC1(CC)CN=C(Nc2ccc(C(C)(C)C)cc2)SC1. The second-order valence-electron chi connectivity index (χ2n) is 7.07. The average Bonchev–Trinajstić information content (AvgIpc) is 2.48. The van der Waals surface area contributed by atoms with Crippen LogP contribution in [0.15, 0.2) is 29.3 Å². The Balaban J connectivity index is 2.02. The van der Waals surface area contributed by atoms with Crippen molar-refractivity contribution in [3.05, 3.63) is 29.8 Å². The van der Waals surface area contributed by atoms with Gasteiger partial charge in [0.15, 0.2) is 5.17 Å². The van der Waals surface area contributed by atoms with E-state index in [4.69, 9.17) is 4.99 Å². The Morgan fingerprint density at radius 2 is 1.76 bits per heavy atom. The van der Waals surface area contributed by atoms with Crippen molar-refractivity contribution in [2.75, 3.05) is 17.6 Å². The first-order valence-corrected chi connectivity index (χ1v) is 8.92. The van der Waals surface area contributed by atoms with Gasteiger partial charge in [-0.25, -0.2) is 0 Å². The number of aliphatic imine (C=N–C) groups is 1. The van der Waals surface area contributed by atoms with Gasteiger partial charge < -0.3 is 5.32 Å². The molecule has 3 heteroatoms. The van der Waals surface area contributed by atoms with Crippen LogP contribution in [0, 0.1) is 5.41 Å². The van der Waals surface area contributed by atoms with Crippen LogP contribution < -0.4 is 5.32 Å². The number of thioether (sulfide) groups is 1. The summed E-state index contributed by atoms with van der Waals surface area (Å²) >= 11 is 1.86. The van der Waals surface area contributed by atoms with Gasteiger partial charge in [-0.3, -0.25) is 4.99 Å². The fourth-order valence-electron chi connectivity index (χ4n) is 2.48. The number of hydrogen-bond donors (Lipinski definition) is 1. The third-order valence-corrected chi connectivity index (χ3v) is 5.84. The number of rotatable bonds is 3. The Morgan fingerprint density at radius 1 is 1.14 bits per heavy atom. The highest BCUT2D eigenvalue weighted by Crippen LogP contribution is 2.35. The summed E-state index contributed by atoms with van der Waals surface area (Å²) in [6, 6.07) is 8.73. The van der Waals surface area contributed by atoms with E-state index < -0.39 is 0 Å². The van der Waals surface area contributed by atoms with Crippen LogP contribution in [0.2, 0.25) is 0 Å². The van der Waals surface area contributed by atoms with Gasteiger partial charge in [-0.05, 0) is 41.4 Å². The summed E-state index contributed by atoms with van der Waals surface area (Å²) in [4.78, 5) is 4.76. The van der Waals surface area contributed by atoms with E-state index in [-0.39, 0.29) is 5.41 Å². The first-order valence-electron chi connectivity index (χ1n) is 7.93. The maximum Gasteiger partial charge on any atom is 0.161 e. The van der Waals surface area contributed by atoms with E-state index in [0.29, 0.717) is 5.41 Å². The minimum Gasteiger partial charge on any atom is -0.335 e. The number of nitrogens with one attached hydrogen (secondary N) is 1. The molecule has 0 bridgehead atoms. The predicted octanol–water partition coefficient (Wildman–Crippen LogP) is 5.31. The van der Waals surface area contributed by atoms with Gasteiger partial charge in [0.25, 0.3) is 0 Å². The second-order valence-corrected chi connectivity index (χ2v) is 8.03. The lowest BCUT2D eigenvalue weighted by Crippen LogP contribution is -2.32. The fourth-order valence-corrected chi connectivity index (χ4v) is 3.77. The highest BCUT2D eigenvalue weighted by molar-refractivity contribution is 8.14. The van der Waals surface area contributed by atoms with Gasteiger partial charge in [-0.1, -0.05) is 58.5 Å². The number of benzene rings is 1. The van der Waals surface area contributed by atoms with Crippen molar-refractivity contribution >= 4 is 22.6 Å². The molecule has 2 nitrogen and oxygen atoms in total. The van der Waals surface area contributed by atoms with E-state index in [1.165, 1.54) is 24.2 Å². The smallest absolute Gasteiger partial charge is 0.161 e. The van der Waals surface area contributed by atoms with E-state index in [9.17, 15) is 0 Å². The predicted molar refractivity (Wildman–Crippen MR) is 96.5 cm³/mol. The molecule has 0 unspecified atom stereocenters. The summed E-state index contributed by atoms with van der Waals surface area (Å²) in [5, 5.41) is 4.52. The van der Waals surface area contributed by atoms with Gasteiger partial charge in [-0.2, -0.15) is 0 Å². The van der Waals surface area contributed by atoms with Gasteiger partial charge >= 0.3 is 0 Å². The molecule has 0 radical (unpaired) electrons. The first kappa shape index (κ1) is 16.4. The maximum atomic E-state index is 4.76. The van der Waals surface area contributed by atoms with Gasteiger partial charge in [0, 0.05) is 18.0 Å². The molecule has 0 aliphatic carbocycles. The summed E-state index contributed by atoms with van der Waals surface area (Å²) in [6.45, 7) is 12.2. The number of anilines is 1. The molecule has 1 aromatic rings. The third kappa shape index (κ3) is 4.03. The summed E-state index contributed by atoms with van der Waals surface area (Å²) in [5.74, 6) is 1.17. The highest BCUT2D eigenvalue weighted by atomic mass is 32.2. The van der Waals surface area contributed by atoms with Crippen molar-refractivity contribution in [2.45, 2.75) is 52.9 Å². The van der Waals surface area contributed by atoms with Crippen LogP contribution in [0.25, 0.3) is 0 Å². The summed E-state index contributed by atoms with van der Waals surface area (Å²) in [5.41, 5.74) is 3.11. The molecule has 0 aromatic heterocycles. The minimum absolute atomic E-state index is 0.206. The standard InChI is InChI=1S/C18H28N2S/c1-6-18(7-2)12-19-16(21-13-18)20-15-10-8-14(9-11-15)17(3,4)5/h8-11H,6-7,12-13H2,1-5H3,(H,19,20). The van der Waals surface area contributed by atoms with Gasteiger partial charge in [0.1, 0.15) is 0 Å². The van der Waals surface area contributed by atoms with Gasteiger partial charge in [0.2, 0.25) is 0 Å². The van der Waals surface area contributed by atoms with E-state index in [0.717, 1.165) is 17.4 Å². The highest BCUT2D eigenvalue weighted by Gasteiger charge is 2.30. The summed E-state index contributed by atoms with van der Waals surface area (Å²) in [7, 11) is 0. The van der Waals surface area contributed by atoms with Crippen LogP contribution in [-0.2, 0) is 5.41 Å². The van der Waals surface area contributed by atoms with Crippen molar-refractivity contribution in [2.24, 2.45) is 10.4 Å². The molecule has 116 valence electrons. The third-order valence-electron chi connectivity index (χ3n) is 4.58. The van der Waals surface area contributed by atoms with Crippen molar-refractivity contribution < 1.29 is 0 Å². The Bertz CT molecular complexity index is 493. The summed E-state index contributed by atoms with van der Waals surface area (Å²) < 4.78 is 0. The van der Waals surface area contributed by atoms with Crippen LogP contribution in [-0.4, -0.2) is 17.5 Å². The van der Waals surface area contributed by atoms with Crippen LogP contribution in [0.1, 0.15) is 53.0 Å². The molecule has 2 rings (SSSR count). The molecular formula is C18H28N2S. The lowest BCUT2D eigenvalue weighted by atomic mass is 9.84. The molecule has 0 amide bonds. The molecule has 0 saturated heterocycles. The lowest BCUT2D eigenvalue weighted by molar-refractivity contribution is 0.318. The van der Waals surface area contributed by atoms with Crippen molar-refractivity contribution in [1.82, 2.24) is 0 Å². The van der Waals surface area contributed by atoms with E-state index in [2.05, 4.69) is 64.2 Å². The zero-order chi connectivity index (χ0) is 15.5. The van der Waals surface area contributed by atoms with Crippen LogP contribution in [0.3, 0.4) is 0 Å². The number of nitrogens with zero attached hydrogens (tertiary/aromatic N) is 1. The molecule has 0 atom stereocenters. The van der Waals surface area contributed by atoms with Crippen LogP contribution in [0.4, 0.5) is 5.69 Å². The average molecular weight is 305 g/mol. The lowest BCUT2D eigenvalue weighted by Gasteiger charge is -2.33. The van der Waals surface area contributed by atoms with Crippen LogP contribution >= 0.6 is 11.8 Å². The number of amidine groups is 1. The minimum atomic E-state index is 0.206. The summed E-state index contributed by atoms with van der Waals surface area (Å²) in [6.07, 6.45) is 2.43. The molecular weight excluding hydrogens is 276 g/mol. The molecule has 1 aliphatic heterocycles. The van der Waals surface area contributed by atoms with Gasteiger partial charge in [0.05, 0.1) is 0 Å². The second kappa shape index (κ2) is 6.43. The van der Waals surface area contributed by atoms with Gasteiger partial charge in [-0.15, -0.1) is 0 Å². The topological polar surface area (TPSA) is 24.4 Å². The Morgan fingerprint density at radius 3 is 2.19 bits per heavy atom. The zero-order valence-electron chi connectivity index (χ0n) is 14.0. The molecule has 0 saturated carbocycles. The van der Waals surface area contributed by atoms with E-state index >= 15 is 0 Å².